The van der Waals surface area contributed by atoms with Crippen LogP contribution < -0.4 is 14.8 Å². The number of hydrogen-bond acceptors (Lipinski definition) is 5. The Morgan fingerprint density at radius 2 is 2.16 bits per heavy atom. The fourth-order valence-corrected chi connectivity index (χ4v) is 4.64. The van der Waals surface area contributed by atoms with E-state index in [4.69, 9.17) is 21.1 Å². The van der Waals surface area contributed by atoms with Gasteiger partial charge in [-0.3, -0.25) is 0 Å². The molecule has 2 N–H and O–H groups in total. The third kappa shape index (κ3) is 5.31. The maximum atomic E-state index is 12.7. The van der Waals surface area contributed by atoms with Crippen LogP contribution in [0.5, 0.6) is 5.75 Å². The second-order valence-electron chi connectivity index (χ2n) is 6.54. The maximum Gasteiger partial charge on any atom is 0.244 e. The molecule has 6 nitrogen and oxygen atoms in total. The zero-order valence-electron chi connectivity index (χ0n) is 14.2. The van der Waals surface area contributed by atoms with Crippen LogP contribution in [0, 0.1) is 0 Å². The standard InChI is InChI=1S/C17H25ClN2O4S/c18-13-6-7-16(24-12-15-5-1-2-9-23-15)17(10-13)25(21,22)20-11-14-4-3-8-19-14/h6-7,10,14-15,19-20H,1-5,8-9,11-12H2. The van der Waals surface area contributed by atoms with Gasteiger partial charge < -0.3 is 14.8 Å². The molecule has 0 saturated carbocycles. The van der Waals surface area contributed by atoms with Gasteiger partial charge in [-0.05, 0) is 56.8 Å². The SMILES string of the molecule is O=S(=O)(NCC1CCCN1)c1cc(Cl)ccc1OCC1CCCCO1. The van der Waals surface area contributed by atoms with Gasteiger partial charge in [0.2, 0.25) is 10.0 Å². The summed E-state index contributed by atoms with van der Waals surface area (Å²) in [5, 5.41) is 3.64. The first kappa shape index (κ1) is 18.9. The van der Waals surface area contributed by atoms with Crippen molar-refractivity contribution in [2.24, 2.45) is 0 Å². The average Bonchev–Trinajstić information content (AvgIpc) is 3.13. The molecule has 2 heterocycles. The summed E-state index contributed by atoms with van der Waals surface area (Å²) in [4.78, 5) is 0.0776. The number of ether oxygens (including phenoxy) is 2. The highest BCUT2D eigenvalue weighted by molar-refractivity contribution is 7.89. The maximum absolute atomic E-state index is 12.7. The highest BCUT2D eigenvalue weighted by Crippen LogP contribution is 2.28. The third-order valence-corrected chi connectivity index (χ3v) is 6.26. The summed E-state index contributed by atoms with van der Waals surface area (Å²) >= 11 is 6.01. The van der Waals surface area contributed by atoms with Gasteiger partial charge >= 0.3 is 0 Å². The quantitative estimate of drug-likeness (QED) is 0.749. The van der Waals surface area contributed by atoms with E-state index in [9.17, 15) is 8.42 Å². The molecule has 0 spiro atoms. The predicted octanol–water partition coefficient (Wildman–Crippen LogP) is 2.32. The van der Waals surface area contributed by atoms with Crippen molar-refractivity contribution < 1.29 is 17.9 Å². The lowest BCUT2D eigenvalue weighted by Gasteiger charge is -2.23. The van der Waals surface area contributed by atoms with Crippen LogP contribution in [0.15, 0.2) is 23.1 Å². The van der Waals surface area contributed by atoms with Gasteiger partial charge in [0.1, 0.15) is 17.3 Å². The molecule has 1 aromatic rings. The normalized spacial score (nSPS) is 24.4. The van der Waals surface area contributed by atoms with Crippen LogP contribution in [-0.2, 0) is 14.8 Å². The lowest BCUT2D eigenvalue weighted by Crippen LogP contribution is -2.37. The van der Waals surface area contributed by atoms with Crippen molar-refractivity contribution in [2.45, 2.75) is 49.1 Å². The van der Waals surface area contributed by atoms with Crippen molar-refractivity contribution in [3.8, 4) is 5.75 Å². The van der Waals surface area contributed by atoms with E-state index >= 15 is 0 Å². The molecule has 2 saturated heterocycles. The van der Waals surface area contributed by atoms with E-state index in [0.717, 1.165) is 45.3 Å². The second-order valence-corrected chi connectivity index (χ2v) is 8.71. The summed E-state index contributed by atoms with van der Waals surface area (Å²) in [5.41, 5.74) is 0. The van der Waals surface area contributed by atoms with Gasteiger partial charge in [-0.25, -0.2) is 13.1 Å². The molecule has 2 atom stereocenters. The first-order valence-corrected chi connectivity index (χ1v) is 10.7. The Kier molecular flexibility index (Phi) is 6.57. The highest BCUT2D eigenvalue weighted by atomic mass is 35.5. The second kappa shape index (κ2) is 8.68. The summed E-state index contributed by atoms with van der Waals surface area (Å²) in [6.45, 7) is 2.36. The largest absolute Gasteiger partial charge is 0.489 e. The fraction of sp³-hybridized carbons (Fsp3) is 0.647. The number of rotatable bonds is 7. The summed E-state index contributed by atoms with van der Waals surface area (Å²) in [5.74, 6) is 0.311. The first-order chi connectivity index (χ1) is 12.0. The predicted molar refractivity (Wildman–Crippen MR) is 96.8 cm³/mol. The van der Waals surface area contributed by atoms with Crippen LogP contribution in [0.3, 0.4) is 0 Å². The van der Waals surface area contributed by atoms with Gasteiger partial charge in [0.05, 0.1) is 6.10 Å². The van der Waals surface area contributed by atoms with Crippen molar-refractivity contribution in [1.29, 1.82) is 0 Å². The number of nitrogens with one attached hydrogen (secondary N) is 2. The van der Waals surface area contributed by atoms with Crippen LogP contribution in [-0.4, -0.2) is 46.9 Å². The topological polar surface area (TPSA) is 76.7 Å². The van der Waals surface area contributed by atoms with Crippen LogP contribution in [0.25, 0.3) is 0 Å². The Balaban J connectivity index is 1.68. The summed E-state index contributed by atoms with van der Waals surface area (Å²) in [6.07, 6.45) is 5.16. The first-order valence-electron chi connectivity index (χ1n) is 8.81. The zero-order valence-corrected chi connectivity index (χ0v) is 15.7. The van der Waals surface area contributed by atoms with Crippen molar-refractivity contribution in [3.05, 3.63) is 23.2 Å². The molecule has 0 aromatic heterocycles. The van der Waals surface area contributed by atoms with Gasteiger partial charge in [-0.2, -0.15) is 0 Å². The Morgan fingerprint density at radius 1 is 1.28 bits per heavy atom. The monoisotopic (exact) mass is 388 g/mol. The van der Waals surface area contributed by atoms with Crippen LogP contribution in [0.1, 0.15) is 32.1 Å². The molecule has 3 rings (SSSR count). The zero-order chi connectivity index (χ0) is 17.7. The highest BCUT2D eigenvalue weighted by Gasteiger charge is 2.24. The Bertz CT molecular complexity index is 671. The van der Waals surface area contributed by atoms with Gasteiger partial charge in [0.25, 0.3) is 0 Å². The number of benzene rings is 1. The van der Waals surface area contributed by atoms with Crippen LogP contribution >= 0.6 is 11.6 Å². The average molecular weight is 389 g/mol. The smallest absolute Gasteiger partial charge is 0.244 e. The van der Waals surface area contributed by atoms with E-state index in [1.165, 1.54) is 6.07 Å². The molecule has 2 aliphatic rings. The van der Waals surface area contributed by atoms with E-state index < -0.39 is 10.0 Å². The van der Waals surface area contributed by atoms with Gasteiger partial charge in [-0.1, -0.05) is 11.6 Å². The van der Waals surface area contributed by atoms with Gasteiger partial charge in [0, 0.05) is 24.2 Å². The molecule has 0 aliphatic carbocycles. The number of hydrogen-bond donors (Lipinski definition) is 2. The molecule has 0 radical (unpaired) electrons. The molecule has 2 unspecified atom stereocenters. The molecule has 2 aliphatic heterocycles. The fourth-order valence-electron chi connectivity index (χ4n) is 3.15. The van der Waals surface area contributed by atoms with Crippen molar-refractivity contribution in [1.82, 2.24) is 10.0 Å². The van der Waals surface area contributed by atoms with Crippen molar-refractivity contribution in [2.75, 3.05) is 26.3 Å². The summed E-state index contributed by atoms with van der Waals surface area (Å²) in [6, 6.07) is 4.85. The van der Waals surface area contributed by atoms with E-state index in [-0.39, 0.29) is 17.0 Å². The minimum Gasteiger partial charge on any atom is -0.489 e. The lowest BCUT2D eigenvalue weighted by atomic mass is 10.1. The number of halogens is 1. The molecule has 0 amide bonds. The molecule has 140 valence electrons. The van der Waals surface area contributed by atoms with Crippen LogP contribution in [0.4, 0.5) is 0 Å². The van der Waals surface area contributed by atoms with Crippen molar-refractivity contribution >= 4 is 21.6 Å². The minimum atomic E-state index is -3.69. The van der Waals surface area contributed by atoms with Crippen molar-refractivity contribution in [3.63, 3.8) is 0 Å². The molecule has 1 aromatic carbocycles. The summed E-state index contributed by atoms with van der Waals surface area (Å²) in [7, 11) is -3.69. The molecule has 25 heavy (non-hydrogen) atoms. The molecular weight excluding hydrogens is 364 g/mol. The van der Waals surface area contributed by atoms with Gasteiger partial charge in [-0.15, -0.1) is 0 Å². The molecule has 8 heteroatoms. The van der Waals surface area contributed by atoms with Gasteiger partial charge in [0.15, 0.2) is 0 Å². The third-order valence-electron chi connectivity index (χ3n) is 4.58. The van der Waals surface area contributed by atoms with E-state index in [2.05, 4.69) is 10.0 Å². The number of sulfonamides is 1. The Hall–Kier alpha value is -0.860. The van der Waals surface area contributed by atoms with E-state index in [1.54, 1.807) is 12.1 Å². The lowest BCUT2D eigenvalue weighted by molar-refractivity contribution is -0.0116. The van der Waals surface area contributed by atoms with E-state index in [1.807, 2.05) is 0 Å². The Labute approximate surface area is 154 Å². The molecular formula is C17H25ClN2O4S. The molecule has 0 bridgehead atoms. The summed E-state index contributed by atoms with van der Waals surface area (Å²) < 4.78 is 39.5. The van der Waals surface area contributed by atoms with Crippen LogP contribution in [0.2, 0.25) is 5.02 Å². The minimum absolute atomic E-state index is 0.00984. The molecule has 2 fully saturated rings. The van der Waals surface area contributed by atoms with E-state index in [0.29, 0.717) is 23.9 Å². The Morgan fingerprint density at radius 3 is 2.88 bits per heavy atom.